The molecule has 0 aliphatic heterocycles. The summed E-state index contributed by atoms with van der Waals surface area (Å²) in [5.74, 6) is 0.908. The van der Waals surface area contributed by atoms with Gasteiger partial charge in [0.05, 0.1) is 0 Å². The maximum atomic E-state index is 4.50. The number of rotatable bonds is 9. The lowest BCUT2D eigenvalue weighted by molar-refractivity contribution is 0.426. The van der Waals surface area contributed by atoms with Gasteiger partial charge in [-0.25, -0.2) is 0 Å². The number of nitrogens with two attached hydrogens (primary N) is 1. The third-order valence-corrected chi connectivity index (χ3v) is 3.16. The van der Waals surface area contributed by atoms with E-state index in [9.17, 15) is 0 Å². The summed E-state index contributed by atoms with van der Waals surface area (Å²) in [6.07, 6.45) is 10.9. The van der Waals surface area contributed by atoms with Gasteiger partial charge < -0.3 is 11.1 Å². The predicted molar refractivity (Wildman–Crippen MR) is 80.3 cm³/mol. The van der Waals surface area contributed by atoms with Crippen LogP contribution >= 0.6 is 0 Å². The Balaban J connectivity index is 0. The maximum Gasteiger partial charge on any atom is 0.0247 e. The van der Waals surface area contributed by atoms with E-state index < -0.39 is 0 Å². The average Bonchev–Trinajstić information content (AvgIpc) is 2.40. The lowest BCUT2D eigenvalue weighted by Crippen LogP contribution is -2.28. The topological polar surface area (TPSA) is 38.0 Å². The summed E-state index contributed by atoms with van der Waals surface area (Å²) in [5, 5.41) is 3.62. The second-order valence-corrected chi connectivity index (χ2v) is 4.28. The molecule has 0 aromatic rings. The largest absolute Gasteiger partial charge is 0.333 e. The summed E-state index contributed by atoms with van der Waals surface area (Å²) >= 11 is 0. The molecule has 0 bridgehead atoms. The molecule has 1 atom stereocenters. The summed E-state index contributed by atoms with van der Waals surface area (Å²) in [7, 11) is 1.50. The van der Waals surface area contributed by atoms with Crippen LogP contribution in [0.15, 0.2) is 12.2 Å². The Morgan fingerprint density at radius 2 is 1.59 bits per heavy atom. The van der Waals surface area contributed by atoms with E-state index in [1.807, 2.05) is 0 Å². The second kappa shape index (κ2) is 15.7. The zero-order valence-electron chi connectivity index (χ0n) is 12.6. The van der Waals surface area contributed by atoms with Crippen LogP contribution in [0.3, 0.4) is 0 Å². The van der Waals surface area contributed by atoms with Crippen molar-refractivity contribution in [3.05, 3.63) is 12.2 Å². The van der Waals surface area contributed by atoms with Crippen molar-refractivity contribution in [3.63, 3.8) is 0 Å². The van der Waals surface area contributed by atoms with E-state index >= 15 is 0 Å². The van der Waals surface area contributed by atoms with Crippen LogP contribution in [0.1, 0.15) is 59.8 Å². The Kier molecular flexibility index (Phi) is 17.5. The summed E-state index contributed by atoms with van der Waals surface area (Å²) in [6, 6.07) is 0.583. The van der Waals surface area contributed by atoms with Crippen LogP contribution in [0.4, 0.5) is 0 Å². The van der Waals surface area contributed by atoms with Gasteiger partial charge in [-0.2, -0.15) is 0 Å². The lowest BCUT2D eigenvalue weighted by Gasteiger charge is -2.16. The Hall–Kier alpha value is -0.340. The van der Waals surface area contributed by atoms with E-state index in [-0.39, 0.29) is 0 Å². The lowest BCUT2D eigenvalue weighted by atomic mass is 9.99. The van der Waals surface area contributed by atoms with Gasteiger partial charge in [0, 0.05) is 6.04 Å². The zero-order valence-corrected chi connectivity index (χ0v) is 12.6. The molecule has 0 heterocycles. The highest BCUT2D eigenvalue weighted by Crippen LogP contribution is 2.11. The van der Waals surface area contributed by atoms with Crippen molar-refractivity contribution < 1.29 is 0 Å². The fourth-order valence-corrected chi connectivity index (χ4v) is 1.82. The van der Waals surface area contributed by atoms with Gasteiger partial charge >= 0.3 is 0 Å². The van der Waals surface area contributed by atoms with E-state index in [0.717, 1.165) is 12.3 Å². The van der Waals surface area contributed by atoms with E-state index in [1.165, 1.54) is 39.3 Å². The summed E-state index contributed by atoms with van der Waals surface area (Å²) < 4.78 is 0. The van der Waals surface area contributed by atoms with Crippen molar-refractivity contribution in [2.45, 2.75) is 65.8 Å². The van der Waals surface area contributed by atoms with E-state index in [2.05, 4.69) is 50.9 Å². The maximum absolute atomic E-state index is 4.50. The van der Waals surface area contributed by atoms with Crippen LogP contribution in [-0.2, 0) is 0 Å². The van der Waals surface area contributed by atoms with Crippen molar-refractivity contribution in [2.75, 3.05) is 13.6 Å². The molecule has 0 spiro atoms. The second-order valence-electron chi connectivity index (χ2n) is 4.28. The third-order valence-electron chi connectivity index (χ3n) is 3.16. The Labute approximate surface area is 109 Å². The van der Waals surface area contributed by atoms with Gasteiger partial charge in [-0.15, -0.1) is 0 Å². The predicted octanol–water partition coefficient (Wildman–Crippen LogP) is 3.72. The summed E-state index contributed by atoms with van der Waals surface area (Å²) in [4.78, 5) is 0. The molecule has 0 fully saturated rings. The molecule has 2 heteroatoms. The number of hydrogen-bond donors (Lipinski definition) is 2. The Morgan fingerprint density at radius 3 is 2.00 bits per heavy atom. The summed E-state index contributed by atoms with van der Waals surface area (Å²) in [5.41, 5.74) is 4.50. The minimum absolute atomic E-state index is 0.583. The molecule has 2 nitrogen and oxygen atoms in total. The SMILES string of the molecule is CCC=CC(CC)NCCC(CC)CC.CN. The van der Waals surface area contributed by atoms with Gasteiger partial charge in [0.2, 0.25) is 0 Å². The van der Waals surface area contributed by atoms with E-state index in [0.29, 0.717) is 6.04 Å². The molecule has 0 radical (unpaired) electrons. The molecule has 3 N–H and O–H groups in total. The molecule has 0 saturated carbocycles. The van der Waals surface area contributed by atoms with Crippen molar-refractivity contribution >= 4 is 0 Å². The molecule has 0 aromatic heterocycles. The first-order valence-electron chi connectivity index (χ1n) is 7.26. The van der Waals surface area contributed by atoms with Crippen LogP contribution in [0.5, 0.6) is 0 Å². The minimum atomic E-state index is 0.583. The molecule has 0 amide bonds. The first-order chi connectivity index (χ1) is 8.28. The number of allylic oxidation sites excluding steroid dienone is 1. The van der Waals surface area contributed by atoms with E-state index in [4.69, 9.17) is 0 Å². The highest BCUT2D eigenvalue weighted by molar-refractivity contribution is 4.91. The van der Waals surface area contributed by atoms with Crippen molar-refractivity contribution in [2.24, 2.45) is 11.7 Å². The number of nitrogens with one attached hydrogen (secondary N) is 1. The first kappa shape index (κ1) is 19.0. The summed E-state index contributed by atoms with van der Waals surface area (Å²) in [6.45, 7) is 10.2. The zero-order chi connectivity index (χ0) is 13.5. The molecular formula is C15H34N2. The molecule has 0 aliphatic rings. The normalized spacial score (nSPS) is 12.6. The number of hydrogen-bond acceptors (Lipinski definition) is 2. The average molecular weight is 242 g/mol. The van der Waals surface area contributed by atoms with Gasteiger partial charge in [0.25, 0.3) is 0 Å². The fraction of sp³-hybridized carbons (Fsp3) is 0.867. The smallest absolute Gasteiger partial charge is 0.0247 e. The molecule has 0 rings (SSSR count). The van der Waals surface area contributed by atoms with Gasteiger partial charge in [0.15, 0.2) is 0 Å². The van der Waals surface area contributed by atoms with Crippen LogP contribution < -0.4 is 11.1 Å². The third kappa shape index (κ3) is 11.9. The van der Waals surface area contributed by atoms with Gasteiger partial charge in [-0.3, -0.25) is 0 Å². The molecule has 0 aliphatic carbocycles. The van der Waals surface area contributed by atoms with Gasteiger partial charge in [-0.1, -0.05) is 52.7 Å². The Bertz CT molecular complexity index is 151. The standard InChI is InChI=1S/C14H29N.CH5N/c1-5-9-10-14(8-4)15-12-11-13(6-2)7-3;1-2/h9-10,13-15H,5-8,11-12H2,1-4H3;2H2,1H3. The van der Waals surface area contributed by atoms with Crippen LogP contribution in [-0.4, -0.2) is 19.6 Å². The van der Waals surface area contributed by atoms with Gasteiger partial charge in [0.1, 0.15) is 0 Å². The van der Waals surface area contributed by atoms with Crippen molar-refractivity contribution in [3.8, 4) is 0 Å². The quantitative estimate of drug-likeness (QED) is 0.605. The van der Waals surface area contributed by atoms with Crippen molar-refractivity contribution in [1.82, 2.24) is 5.32 Å². The molecule has 0 saturated heterocycles. The Morgan fingerprint density at radius 1 is 1.00 bits per heavy atom. The van der Waals surface area contributed by atoms with Crippen LogP contribution in [0.2, 0.25) is 0 Å². The fourth-order valence-electron chi connectivity index (χ4n) is 1.82. The monoisotopic (exact) mass is 242 g/mol. The van der Waals surface area contributed by atoms with Crippen molar-refractivity contribution in [1.29, 1.82) is 0 Å². The molecule has 0 aromatic carbocycles. The van der Waals surface area contributed by atoms with Gasteiger partial charge in [-0.05, 0) is 38.8 Å². The van der Waals surface area contributed by atoms with Crippen LogP contribution in [0.25, 0.3) is 0 Å². The highest BCUT2D eigenvalue weighted by Gasteiger charge is 2.04. The first-order valence-corrected chi connectivity index (χ1v) is 7.26. The molecule has 1 unspecified atom stereocenters. The van der Waals surface area contributed by atoms with Crippen LogP contribution in [0, 0.1) is 5.92 Å². The molecule has 104 valence electrons. The molecular weight excluding hydrogens is 208 g/mol. The minimum Gasteiger partial charge on any atom is -0.333 e. The van der Waals surface area contributed by atoms with E-state index in [1.54, 1.807) is 0 Å². The molecule has 17 heavy (non-hydrogen) atoms. The highest BCUT2D eigenvalue weighted by atomic mass is 14.9.